The fourth-order valence-electron chi connectivity index (χ4n) is 3.62. The molecule has 1 aliphatic rings. The topological polar surface area (TPSA) is 68.1 Å². The normalized spacial score (nSPS) is 18.4. The largest absolute Gasteiger partial charge is 0.330 e. The summed E-state index contributed by atoms with van der Waals surface area (Å²) in [4.78, 5) is 9.06. The van der Waals surface area contributed by atoms with Crippen molar-refractivity contribution in [3.8, 4) is 0 Å². The zero-order chi connectivity index (χ0) is 18.7. The highest BCUT2D eigenvalue weighted by Crippen LogP contribution is 2.29. The number of imidazole rings is 1. The number of piperidine rings is 1. The van der Waals surface area contributed by atoms with Crippen molar-refractivity contribution in [1.29, 1.82) is 0 Å². The van der Waals surface area contributed by atoms with Crippen LogP contribution in [-0.2, 0) is 16.6 Å². The molecule has 4 rings (SSSR count). The number of hydrogen-bond donors (Lipinski definition) is 0. The molecule has 27 heavy (non-hydrogen) atoms. The summed E-state index contributed by atoms with van der Waals surface area (Å²) in [6.45, 7) is 1.70. The molecule has 6 nitrogen and oxygen atoms in total. The van der Waals surface area contributed by atoms with E-state index in [2.05, 4.69) is 14.5 Å². The lowest BCUT2D eigenvalue weighted by Crippen LogP contribution is -2.39. The monoisotopic (exact) mass is 382 g/mol. The molecule has 0 N–H and O–H groups in total. The van der Waals surface area contributed by atoms with Crippen LogP contribution in [0, 0.1) is 0 Å². The van der Waals surface area contributed by atoms with Gasteiger partial charge in [0.25, 0.3) is 0 Å². The van der Waals surface area contributed by atoms with Crippen molar-refractivity contribution >= 4 is 10.0 Å². The van der Waals surface area contributed by atoms with Gasteiger partial charge in [-0.2, -0.15) is 4.31 Å². The maximum Gasteiger partial charge on any atom is 0.243 e. The number of sulfonamides is 1. The van der Waals surface area contributed by atoms with Crippen LogP contribution in [0.4, 0.5) is 0 Å². The quantitative estimate of drug-likeness (QED) is 0.680. The second-order valence-electron chi connectivity index (χ2n) is 6.79. The predicted octanol–water partition coefficient (Wildman–Crippen LogP) is 2.89. The molecule has 0 saturated carbocycles. The highest BCUT2D eigenvalue weighted by atomic mass is 32.2. The molecule has 1 saturated heterocycles. The van der Waals surface area contributed by atoms with Crippen LogP contribution >= 0.6 is 0 Å². The average Bonchev–Trinajstić information content (AvgIpc) is 3.18. The third-order valence-electron chi connectivity index (χ3n) is 4.95. The molecule has 0 bridgehead atoms. The van der Waals surface area contributed by atoms with Gasteiger partial charge >= 0.3 is 0 Å². The van der Waals surface area contributed by atoms with Gasteiger partial charge in [-0.3, -0.25) is 4.98 Å². The van der Waals surface area contributed by atoms with Gasteiger partial charge in [-0.15, -0.1) is 0 Å². The first-order valence-corrected chi connectivity index (χ1v) is 10.5. The van der Waals surface area contributed by atoms with Gasteiger partial charge in [0.1, 0.15) is 5.82 Å². The highest BCUT2D eigenvalue weighted by Gasteiger charge is 2.32. The summed E-state index contributed by atoms with van der Waals surface area (Å²) in [5.74, 6) is 1.02. The predicted molar refractivity (Wildman–Crippen MR) is 103 cm³/mol. The van der Waals surface area contributed by atoms with Gasteiger partial charge in [-0.05, 0) is 36.6 Å². The first-order valence-electron chi connectivity index (χ1n) is 9.10. The van der Waals surface area contributed by atoms with E-state index in [1.165, 1.54) is 0 Å². The van der Waals surface area contributed by atoms with Crippen molar-refractivity contribution < 1.29 is 8.42 Å². The molecule has 0 spiro atoms. The molecule has 7 heteroatoms. The van der Waals surface area contributed by atoms with Gasteiger partial charge in [-0.25, -0.2) is 13.4 Å². The Balaban J connectivity index is 1.55. The Morgan fingerprint density at radius 2 is 1.93 bits per heavy atom. The number of hydrogen-bond acceptors (Lipinski definition) is 4. The Kier molecular flexibility index (Phi) is 5.05. The van der Waals surface area contributed by atoms with Crippen LogP contribution in [0.2, 0.25) is 0 Å². The number of aromatic nitrogens is 3. The van der Waals surface area contributed by atoms with Gasteiger partial charge in [0.05, 0.1) is 11.4 Å². The average molecular weight is 382 g/mol. The maximum absolute atomic E-state index is 13.0. The van der Waals surface area contributed by atoms with Crippen molar-refractivity contribution in [3.63, 3.8) is 0 Å². The van der Waals surface area contributed by atoms with E-state index in [1.807, 2.05) is 30.6 Å². The van der Waals surface area contributed by atoms with Crippen LogP contribution in [0.25, 0.3) is 0 Å². The van der Waals surface area contributed by atoms with Gasteiger partial charge < -0.3 is 4.57 Å². The van der Waals surface area contributed by atoms with Gasteiger partial charge in [0, 0.05) is 43.8 Å². The minimum absolute atomic E-state index is 0.0870. The molecule has 1 aromatic carbocycles. The van der Waals surface area contributed by atoms with Crippen LogP contribution in [0.3, 0.4) is 0 Å². The molecule has 1 atom stereocenters. The van der Waals surface area contributed by atoms with E-state index in [1.54, 1.807) is 41.0 Å². The zero-order valence-electron chi connectivity index (χ0n) is 15.0. The molecule has 1 fully saturated rings. The lowest BCUT2D eigenvalue weighted by atomic mass is 9.98. The first-order chi connectivity index (χ1) is 13.1. The number of benzene rings is 1. The summed E-state index contributed by atoms with van der Waals surface area (Å²) in [5, 5.41) is 0. The second-order valence-corrected chi connectivity index (χ2v) is 8.73. The first kappa shape index (κ1) is 17.9. The molecular weight excluding hydrogens is 360 g/mol. The molecule has 0 unspecified atom stereocenters. The SMILES string of the molecule is O=S(=O)(c1ccccc1)N1CCC[C@@H](c2nccn2Cc2cccnc2)C1. The summed E-state index contributed by atoms with van der Waals surface area (Å²) < 4.78 is 29.6. The van der Waals surface area contributed by atoms with E-state index in [0.717, 1.165) is 24.2 Å². The number of pyridine rings is 1. The van der Waals surface area contributed by atoms with Crippen molar-refractivity contribution in [2.75, 3.05) is 13.1 Å². The Hall–Kier alpha value is -2.51. The van der Waals surface area contributed by atoms with Crippen LogP contribution in [-0.4, -0.2) is 40.3 Å². The minimum Gasteiger partial charge on any atom is -0.330 e. The van der Waals surface area contributed by atoms with Crippen molar-refractivity contribution in [1.82, 2.24) is 18.8 Å². The summed E-state index contributed by atoms with van der Waals surface area (Å²) in [7, 11) is -3.47. The van der Waals surface area contributed by atoms with E-state index in [-0.39, 0.29) is 5.92 Å². The third-order valence-corrected chi connectivity index (χ3v) is 6.83. The third kappa shape index (κ3) is 3.79. The molecular formula is C20H22N4O2S. The molecule has 3 aromatic rings. The van der Waals surface area contributed by atoms with Crippen LogP contribution in [0.1, 0.15) is 30.1 Å². The van der Waals surface area contributed by atoms with E-state index >= 15 is 0 Å². The Morgan fingerprint density at radius 1 is 1.07 bits per heavy atom. The van der Waals surface area contributed by atoms with E-state index in [9.17, 15) is 8.42 Å². The van der Waals surface area contributed by atoms with Gasteiger partial charge in [0.15, 0.2) is 0 Å². The highest BCUT2D eigenvalue weighted by molar-refractivity contribution is 7.89. The molecule has 0 radical (unpaired) electrons. The lowest BCUT2D eigenvalue weighted by molar-refractivity contribution is 0.305. The van der Waals surface area contributed by atoms with Crippen molar-refractivity contribution in [2.45, 2.75) is 30.2 Å². The Labute approximate surface area is 159 Å². The molecule has 0 amide bonds. The zero-order valence-corrected chi connectivity index (χ0v) is 15.8. The number of rotatable bonds is 5. The Morgan fingerprint density at radius 3 is 2.70 bits per heavy atom. The molecule has 2 aromatic heterocycles. The second kappa shape index (κ2) is 7.62. The molecule has 3 heterocycles. The summed E-state index contributed by atoms with van der Waals surface area (Å²) in [5.41, 5.74) is 1.10. The summed E-state index contributed by atoms with van der Waals surface area (Å²) >= 11 is 0. The van der Waals surface area contributed by atoms with E-state index < -0.39 is 10.0 Å². The lowest BCUT2D eigenvalue weighted by Gasteiger charge is -2.32. The van der Waals surface area contributed by atoms with Crippen molar-refractivity contribution in [3.05, 3.63) is 78.6 Å². The van der Waals surface area contributed by atoms with Crippen molar-refractivity contribution in [2.24, 2.45) is 0 Å². The fraction of sp³-hybridized carbons (Fsp3) is 0.300. The minimum atomic E-state index is -3.47. The molecule has 0 aliphatic carbocycles. The van der Waals surface area contributed by atoms with Crippen LogP contribution < -0.4 is 0 Å². The van der Waals surface area contributed by atoms with Crippen LogP contribution in [0.15, 0.2) is 72.1 Å². The van der Waals surface area contributed by atoms with Gasteiger partial charge in [-0.1, -0.05) is 24.3 Å². The fourth-order valence-corrected chi connectivity index (χ4v) is 5.16. The smallest absolute Gasteiger partial charge is 0.243 e. The standard InChI is InChI=1S/C20H22N4O2S/c25-27(26,19-8-2-1-3-9-19)24-12-5-7-18(16-24)20-22-11-13-23(20)15-17-6-4-10-21-14-17/h1-4,6,8-11,13-14,18H,5,7,12,15-16H2/t18-/m1/s1. The molecule has 140 valence electrons. The maximum atomic E-state index is 13.0. The Bertz CT molecular complexity index is 987. The molecule has 1 aliphatic heterocycles. The summed E-state index contributed by atoms with van der Waals surface area (Å²) in [6, 6.07) is 12.6. The number of nitrogens with zero attached hydrogens (tertiary/aromatic N) is 4. The van der Waals surface area contributed by atoms with E-state index in [4.69, 9.17) is 0 Å². The van der Waals surface area contributed by atoms with E-state index in [0.29, 0.717) is 24.5 Å². The summed E-state index contributed by atoms with van der Waals surface area (Å²) in [6.07, 6.45) is 9.10. The van der Waals surface area contributed by atoms with Gasteiger partial charge in [0.2, 0.25) is 10.0 Å². The van der Waals surface area contributed by atoms with Crippen LogP contribution in [0.5, 0.6) is 0 Å².